The molecule has 1 aliphatic carbocycles. The van der Waals surface area contributed by atoms with E-state index in [0.29, 0.717) is 61.7 Å². The minimum Gasteiger partial charge on any atom is -0.342 e. The lowest BCUT2D eigenvalue weighted by Crippen LogP contribution is -2.50. The largest absolute Gasteiger partial charge is 0.342 e. The van der Waals surface area contributed by atoms with Gasteiger partial charge in [-0.15, -0.1) is 5.11 Å². The van der Waals surface area contributed by atoms with Crippen molar-refractivity contribution < 1.29 is 13.2 Å². The average molecular weight is 473 g/mol. The van der Waals surface area contributed by atoms with E-state index in [1.807, 2.05) is 13.8 Å². The van der Waals surface area contributed by atoms with Gasteiger partial charge in [0.2, 0.25) is 10.0 Å². The van der Waals surface area contributed by atoms with Gasteiger partial charge in [-0.3, -0.25) is 9.48 Å². The first-order valence-electron chi connectivity index (χ1n) is 11.7. The SMILES string of the molecule is CCn1nc(C)c(S(=O)(=O)N2CCC3(CC2)C2=C(N=NC2)NC2=C3C(=O)CC(C)(C)C2)c1C. The Kier molecular flexibility index (Phi) is 4.99. The number of sulfonamides is 1. The Bertz CT molecular complexity index is 1240. The number of aromatic nitrogens is 2. The van der Waals surface area contributed by atoms with E-state index in [-0.39, 0.29) is 11.2 Å². The number of ketones is 1. The van der Waals surface area contributed by atoms with E-state index >= 15 is 0 Å². The van der Waals surface area contributed by atoms with Crippen LogP contribution in [0.15, 0.2) is 37.8 Å². The third-order valence-electron chi connectivity index (χ3n) is 7.67. The van der Waals surface area contributed by atoms with Gasteiger partial charge in [0.25, 0.3) is 0 Å². The number of rotatable bonds is 3. The number of hydrogen-bond donors (Lipinski definition) is 1. The van der Waals surface area contributed by atoms with Gasteiger partial charge in [-0.05, 0) is 45.4 Å². The number of nitrogens with one attached hydrogen (secondary N) is 1. The van der Waals surface area contributed by atoms with Crippen LogP contribution in [0, 0.1) is 24.7 Å². The molecule has 1 saturated heterocycles. The predicted octanol–water partition coefficient (Wildman–Crippen LogP) is 3.21. The summed E-state index contributed by atoms with van der Waals surface area (Å²) in [7, 11) is -3.68. The Morgan fingerprint density at radius 3 is 2.45 bits per heavy atom. The number of nitrogens with zero attached hydrogens (tertiary/aromatic N) is 5. The molecule has 1 aromatic rings. The number of carbonyl (C=O) groups is 1. The maximum Gasteiger partial charge on any atom is 0.246 e. The van der Waals surface area contributed by atoms with Crippen molar-refractivity contribution in [2.75, 3.05) is 19.6 Å². The molecule has 5 rings (SSSR count). The smallest absolute Gasteiger partial charge is 0.246 e. The molecular formula is C23H32N6O3S. The first kappa shape index (κ1) is 22.5. The van der Waals surface area contributed by atoms with Crippen LogP contribution in [-0.2, 0) is 21.4 Å². The van der Waals surface area contributed by atoms with Gasteiger partial charge in [-0.2, -0.15) is 14.5 Å². The van der Waals surface area contributed by atoms with Crippen LogP contribution in [-0.4, -0.2) is 47.9 Å². The van der Waals surface area contributed by atoms with Gasteiger partial charge in [0.15, 0.2) is 11.6 Å². The number of azo groups is 1. The summed E-state index contributed by atoms with van der Waals surface area (Å²) in [5.74, 6) is 0.922. The zero-order chi connectivity index (χ0) is 23.8. The molecule has 0 aromatic carbocycles. The van der Waals surface area contributed by atoms with Crippen LogP contribution in [0.25, 0.3) is 0 Å². The van der Waals surface area contributed by atoms with Gasteiger partial charge in [0, 0.05) is 48.3 Å². The van der Waals surface area contributed by atoms with E-state index in [9.17, 15) is 13.2 Å². The van der Waals surface area contributed by atoms with Crippen molar-refractivity contribution in [2.24, 2.45) is 21.1 Å². The van der Waals surface area contributed by atoms with Crippen molar-refractivity contribution in [3.8, 4) is 0 Å². The molecular weight excluding hydrogens is 440 g/mol. The molecule has 1 aromatic heterocycles. The van der Waals surface area contributed by atoms with Crippen LogP contribution in [0.4, 0.5) is 0 Å². The lowest BCUT2D eigenvalue weighted by Gasteiger charge is -2.48. The second-order valence-electron chi connectivity index (χ2n) is 10.4. The van der Waals surface area contributed by atoms with Crippen LogP contribution in [0.3, 0.4) is 0 Å². The monoisotopic (exact) mass is 472 g/mol. The Hall–Kier alpha value is -2.33. The molecule has 0 bridgehead atoms. The standard InChI is InChI=1S/C23H32N6O3S/c1-6-29-15(3)20(14(2)27-29)33(31,32)28-9-7-23(8-10-28)16-13-24-26-21(16)25-17-11-22(4,5)12-18(30)19(17)23/h25H,6-13H2,1-5H3. The number of hydrogen-bond acceptors (Lipinski definition) is 7. The summed E-state index contributed by atoms with van der Waals surface area (Å²) in [5.41, 5.74) is 3.43. The maximum atomic E-state index is 13.6. The molecule has 0 saturated carbocycles. The first-order valence-corrected chi connectivity index (χ1v) is 13.1. The van der Waals surface area contributed by atoms with Gasteiger partial charge >= 0.3 is 0 Å². The summed E-state index contributed by atoms with van der Waals surface area (Å²) in [6.45, 7) is 11.5. The number of fused-ring (bicyclic) bond motifs is 2. The van der Waals surface area contributed by atoms with Gasteiger partial charge in [0.05, 0.1) is 17.9 Å². The zero-order valence-electron chi connectivity index (χ0n) is 20.0. The summed E-state index contributed by atoms with van der Waals surface area (Å²) >= 11 is 0. The van der Waals surface area contributed by atoms with E-state index in [2.05, 4.69) is 34.5 Å². The lowest BCUT2D eigenvalue weighted by atomic mass is 9.60. The second-order valence-corrected chi connectivity index (χ2v) is 12.3. The highest BCUT2D eigenvalue weighted by atomic mass is 32.2. The average Bonchev–Trinajstić information content (AvgIpc) is 3.31. The predicted molar refractivity (Wildman–Crippen MR) is 123 cm³/mol. The lowest BCUT2D eigenvalue weighted by molar-refractivity contribution is -0.119. The van der Waals surface area contributed by atoms with E-state index in [1.165, 1.54) is 0 Å². The quantitative estimate of drug-likeness (QED) is 0.727. The minimum absolute atomic E-state index is 0.115. The molecule has 0 radical (unpaired) electrons. The minimum atomic E-state index is -3.68. The Labute approximate surface area is 195 Å². The first-order chi connectivity index (χ1) is 15.5. The molecule has 0 unspecified atom stereocenters. The van der Waals surface area contributed by atoms with Crippen LogP contribution < -0.4 is 5.32 Å². The fourth-order valence-corrected chi connectivity index (χ4v) is 8.03. The van der Waals surface area contributed by atoms with Crippen LogP contribution in [0.5, 0.6) is 0 Å². The van der Waals surface area contributed by atoms with Gasteiger partial charge < -0.3 is 5.32 Å². The topological polar surface area (TPSA) is 109 Å². The molecule has 0 amide bonds. The molecule has 1 spiro atoms. The number of dihydropyridines is 1. The van der Waals surface area contributed by atoms with E-state index in [4.69, 9.17) is 0 Å². The Balaban J connectivity index is 1.50. The van der Waals surface area contributed by atoms with Crippen molar-refractivity contribution in [1.82, 2.24) is 19.4 Å². The zero-order valence-corrected chi connectivity index (χ0v) is 20.8. The fourth-order valence-electron chi connectivity index (χ4n) is 6.22. The van der Waals surface area contributed by atoms with Gasteiger partial charge in [-0.25, -0.2) is 8.42 Å². The number of aryl methyl sites for hydroxylation is 2. The van der Waals surface area contributed by atoms with Crippen LogP contribution in [0.1, 0.15) is 57.8 Å². The highest BCUT2D eigenvalue weighted by Gasteiger charge is 2.53. The molecule has 0 atom stereocenters. The summed E-state index contributed by atoms with van der Waals surface area (Å²) in [5, 5.41) is 16.4. The molecule has 4 heterocycles. The second kappa shape index (κ2) is 7.33. The van der Waals surface area contributed by atoms with E-state index in [0.717, 1.165) is 29.1 Å². The molecule has 4 aliphatic rings. The highest BCUT2D eigenvalue weighted by Crippen LogP contribution is 2.55. The molecule has 3 aliphatic heterocycles. The van der Waals surface area contributed by atoms with Crippen LogP contribution in [0.2, 0.25) is 0 Å². The van der Waals surface area contributed by atoms with Crippen LogP contribution >= 0.6 is 0 Å². The summed E-state index contributed by atoms with van der Waals surface area (Å²) in [4.78, 5) is 13.7. The highest BCUT2D eigenvalue weighted by molar-refractivity contribution is 7.89. The summed E-state index contributed by atoms with van der Waals surface area (Å²) in [6.07, 6.45) is 2.40. The van der Waals surface area contributed by atoms with Crippen molar-refractivity contribution in [3.05, 3.63) is 34.1 Å². The van der Waals surface area contributed by atoms with E-state index < -0.39 is 15.4 Å². The Morgan fingerprint density at radius 1 is 1.12 bits per heavy atom. The van der Waals surface area contributed by atoms with Crippen molar-refractivity contribution in [1.29, 1.82) is 0 Å². The van der Waals surface area contributed by atoms with Crippen molar-refractivity contribution in [3.63, 3.8) is 0 Å². The molecule has 33 heavy (non-hydrogen) atoms. The van der Waals surface area contributed by atoms with Crippen molar-refractivity contribution in [2.45, 2.75) is 71.7 Å². The molecule has 9 nitrogen and oxygen atoms in total. The number of Topliss-reactive ketones (excluding diaryl/α,β-unsaturated/α-hetero) is 1. The Morgan fingerprint density at radius 2 is 1.82 bits per heavy atom. The van der Waals surface area contributed by atoms with Gasteiger partial charge in [0.1, 0.15) is 4.90 Å². The summed E-state index contributed by atoms with van der Waals surface area (Å²) < 4.78 is 30.5. The maximum absolute atomic E-state index is 13.6. The normalized spacial score (nSPS) is 24.3. The third-order valence-corrected chi connectivity index (χ3v) is 9.83. The van der Waals surface area contributed by atoms with E-state index in [1.54, 1.807) is 15.9 Å². The fraction of sp³-hybridized carbons (Fsp3) is 0.652. The third kappa shape index (κ3) is 3.24. The number of allylic oxidation sites excluding steroid dienone is 2. The molecule has 1 fully saturated rings. The van der Waals surface area contributed by atoms with Gasteiger partial charge in [-0.1, -0.05) is 13.8 Å². The molecule has 178 valence electrons. The number of carbonyl (C=O) groups excluding carboxylic acids is 1. The molecule has 1 N–H and O–H groups in total. The van der Waals surface area contributed by atoms with Crippen molar-refractivity contribution >= 4 is 15.8 Å². The molecule has 10 heteroatoms. The summed E-state index contributed by atoms with van der Waals surface area (Å²) in [6, 6.07) is 0. The number of piperidine rings is 1.